The third-order valence-electron chi connectivity index (χ3n) is 5.92. The second-order valence-corrected chi connectivity index (χ2v) is 9.24. The number of hydrogen-bond donors (Lipinski definition) is 0. The van der Waals surface area contributed by atoms with E-state index >= 15 is 0 Å². The van der Waals surface area contributed by atoms with Crippen LogP contribution < -0.4 is 15.0 Å². The Morgan fingerprint density at radius 1 is 1.17 bits per heavy atom. The van der Waals surface area contributed by atoms with Crippen molar-refractivity contribution in [3.8, 4) is 11.5 Å². The molecule has 0 saturated carbocycles. The summed E-state index contributed by atoms with van der Waals surface area (Å²) < 4.78 is 12.6. The van der Waals surface area contributed by atoms with Crippen LogP contribution in [0.4, 0.5) is 5.69 Å². The number of aromatic nitrogens is 2. The van der Waals surface area contributed by atoms with Crippen molar-refractivity contribution in [1.29, 1.82) is 0 Å². The zero-order valence-electron chi connectivity index (χ0n) is 19.0. The number of methoxy groups -OCH3 is 1. The van der Waals surface area contributed by atoms with Crippen LogP contribution in [-0.4, -0.2) is 27.9 Å². The van der Waals surface area contributed by atoms with E-state index in [1.807, 2.05) is 0 Å². The van der Waals surface area contributed by atoms with Gasteiger partial charge < -0.3 is 9.47 Å². The largest absolute Gasteiger partial charge is 0.493 e. The molecule has 0 saturated heterocycles. The van der Waals surface area contributed by atoms with E-state index in [0.29, 0.717) is 16.9 Å². The molecule has 0 fully saturated rings. The van der Waals surface area contributed by atoms with Crippen molar-refractivity contribution < 1.29 is 14.4 Å². The van der Waals surface area contributed by atoms with Crippen LogP contribution in [0.5, 0.6) is 11.5 Å². The predicted molar refractivity (Wildman–Crippen MR) is 134 cm³/mol. The molecule has 5 rings (SSSR count). The zero-order valence-corrected chi connectivity index (χ0v) is 19.8. The summed E-state index contributed by atoms with van der Waals surface area (Å²) in [6.45, 7) is 0.230. The molecule has 0 N–H and O–H groups in total. The standard InChI is InChI=1S/C25H22N4O5S/c1-33-21-12-17(8-11-20(21)34-14-16-6-9-18(10-7-16)29(31)32)13-27-28-15-26-24-23(25(28)30)19-4-2-3-5-22(19)35-24/h6-13,15H,2-5,14H2,1H3/b27-13-. The highest BCUT2D eigenvalue weighted by molar-refractivity contribution is 7.18. The van der Waals surface area contributed by atoms with Crippen molar-refractivity contribution in [3.05, 3.63) is 90.8 Å². The van der Waals surface area contributed by atoms with Crippen LogP contribution in [0.1, 0.15) is 34.4 Å². The molecule has 9 nitrogen and oxygen atoms in total. The molecular weight excluding hydrogens is 468 g/mol. The number of nitrogens with zero attached hydrogens (tertiary/aromatic N) is 4. The van der Waals surface area contributed by atoms with Crippen LogP contribution >= 0.6 is 11.3 Å². The predicted octanol–water partition coefficient (Wildman–Crippen LogP) is 4.71. The van der Waals surface area contributed by atoms with Gasteiger partial charge in [-0.2, -0.15) is 9.78 Å². The lowest BCUT2D eigenvalue weighted by Gasteiger charge is -2.11. The molecule has 10 heteroatoms. The van der Waals surface area contributed by atoms with Crippen molar-refractivity contribution in [2.75, 3.05) is 7.11 Å². The minimum Gasteiger partial charge on any atom is -0.493 e. The van der Waals surface area contributed by atoms with E-state index in [1.165, 1.54) is 35.1 Å². The summed E-state index contributed by atoms with van der Waals surface area (Å²) in [5.74, 6) is 1.02. The van der Waals surface area contributed by atoms with E-state index < -0.39 is 4.92 Å². The average Bonchev–Trinajstić information content (AvgIpc) is 3.27. The van der Waals surface area contributed by atoms with Gasteiger partial charge in [-0.25, -0.2) is 4.98 Å². The smallest absolute Gasteiger partial charge is 0.282 e. The lowest BCUT2D eigenvalue weighted by Crippen LogP contribution is -2.18. The number of ether oxygens (including phenoxy) is 2. The van der Waals surface area contributed by atoms with Crippen LogP contribution in [0.3, 0.4) is 0 Å². The number of thiophene rings is 1. The molecule has 0 spiro atoms. The van der Waals surface area contributed by atoms with Gasteiger partial charge in [-0.15, -0.1) is 11.3 Å². The van der Waals surface area contributed by atoms with Crippen LogP contribution in [0.25, 0.3) is 10.2 Å². The van der Waals surface area contributed by atoms with E-state index in [9.17, 15) is 14.9 Å². The lowest BCUT2D eigenvalue weighted by molar-refractivity contribution is -0.384. The minimum atomic E-state index is -0.440. The highest BCUT2D eigenvalue weighted by atomic mass is 32.1. The van der Waals surface area contributed by atoms with Gasteiger partial charge in [-0.05, 0) is 72.7 Å². The molecule has 2 aromatic carbocycles. The summed E-state index contributed by atoms with van der Waals surface area (Å²) in [5, 5.41) is 15.8. The van der Waals surface area contributed by atoms with Crippen molar-refractivity contribution in [1.82, 2.24) is 9.66 Å². The Morgan fingerprint density at radius 3 is 2.74 bits per heavy atom. The van der Waals surface area contributed by atoms with Gasteiger partial charge in [-0.1, -0.05) is 0 Å². The Hall–Kier alpha value is -4.05. The quantitative estimate of drug-likeness (QED) is 0.211. The normalized spacial score (nSPS) is 13.2. The fraction of sp³-hybridized carbons (Fsp3) is 0.240. The Morgan fingerprint density at radius 2 is 1.97 bits per heavy atom. The van der Waals surface area contributed by atoms with Gasteiger partial charge in [0.05, 0.1) is 23.6 Å². The highest BCUT2D eigenvalue weighted by Crippen LogP contribution is 2.33. The third kappa shape index (κ3) is 4.65. The maximum absolute atomic E-state index is 13.1. The second-order valence-electron chi connectivity index (χ2n) is 8.15. The van der Waals surface area contributed by atoms with Gasteiger partial charge in [-0.3, -0.25) is 14.9 Å². The van der Waals surface area contributed by atoms with Crippen molar-refractivity contribution in [2.45, 2.75) is 32.3 Å². The topological polar surface area (TPSA) is 109 Å². The Labute approximate surface area is 204 Å². The molecule has 4 aromatic rings. The molecular formula is C25H22N4O5S. The molecule has 0 amide bonds. The lowest BCUT2D eigenvalue weighted by atomic mass is 9.97. The number of benzene rings is 2. The van der Waals surface area contributed by atoms with Crippen molar-refractivity contribution >= 4 is 33.5 Å². The molecule has 0 unspecified atom stereocenters. The van der Waals surface area contributed by atoms with E-state index in [2.05, 4.69) is 10.1 Å². The second kappa shape index (κ2) is 9.67. The van der Waals surface area contributed by atoms with E-state index in [0.717, 1.165) is 47.2 Å². The van der Waals surface area contributed by atoms with E-state index in [1.54, 1.807) is 47.9 Å². The van der Waals surface area contributed by atoms with Crippen molar-refractivity contribution in [3.63, 3.8) is 0 Å². The van der Waals surface area contributed by atoms with Crippen LogP contribution in [0.15, 0.2) is 58.7 Å². The summed E-state index contributed by atoms with van der Waals surface area (Å²) in [6, 6.07) is 11.5. The maximum Gasteiger partial charge on any atom is 0.282 e. The molecule has 2 aromatic heterocycles. The molecule has 0 bridgehead atoms. The first-order valence-electron chi connectivity index (χ1n) is 11.1. The first-order chi connectivity index (χ1) is 17.0. The summed E-state index contributed by atoms with van der Waals surface area (Å²) in [6.07, 6.45) is 7.21. The highest BCUT2D eigenvalue weighted by Gasteiger charge is 2.19. The molecule has 0 atom stereocenters. The average molecular weight is 491 g/mol. The number of nitro benzene ring substituents is 1. The van der Waals surface area contributed by atoms with Crippen molar-refractivity contribution in [2.24, 2.45) is 5.10 Å². The molecule has 0 radical (unpaired) electrons. The Kier molecular flexibility index (Phi) is 6.28. The van der Waals surface area contributed by atoms with Gasteiger partial charge >= 0.3 is 0 Å². The summed E-state index contributed by atoms with van der Waals surface area (Å²) in [4.78, 5) is 29.9. The number of non-ortho nitro benzene ring substituents is 1. The minimum absolute atomic E-state index is 0.0299. The number of fused-ring (bicyclic) bond motifs is 3. The summed E-state index contributed by atoms with van der Waals surface area (Å²) in [5.41, 5.74) is 2.53. The third-order valence-corrected chi connectivity index (χ3v) is 7.12. The van der Waals surface area contributed by atoms with Gasteiger partial charge in [0.25, 0.3) is 11.2 Å². The number of hydrogen-bond acceptors (Lipinski definition) is 8. The van der Waals surface area contributed by atoms with Gasteiger partial charge in [0.1, 0.15) is 17.8 Å². The zero-order chi connectivity index (χ0) is 24.4. The first-order valence-corrected chi connectivity index (χ1v) is 12.0. The first kappa shape index (κ1) is 22.7. The van der Waals surface area contributed by atoms with Gasteiger partial charge in [0.15, 0.2) is 11.5 Å². The number of nitro groups is 1. The van der Waals surface area contributed by atoms with E-state index in [4.69, 9.17) is 9.47 Å². The molecule has 1 aliphatic carbocycles. The fourth-order valence-corrected chi connectivity index (χ4v) is 5.33. The fourth-order valence-electron chi connectivity index (χ4n) is 4.11. The molecule has 1 aliphatic rings. The molecule has 0 aliphatic heterocycles. The molecule has 2 heterocycles. The SMILES string of the molecule is COc1cc(/C=N\n2cnc3sc4c(c3c2=O)CCCC4)ccc1OCc1ccc([N+](=O)[O-])cc1. The van der Waals surface area contributed by atoms with Crippen LogP contribution in [0, 0.1) is 10.1 Å². The van der Waals surface area contributed by atoms with Crippen LogP contribution in [0.2, 0.25) is 0 Å². The van der Waals surface area contributed by atoms with Gasteiger partial charge in [0.2, 0.25) is 0 Å². The maximum atomic E-state index is 13.1. The van der Waals surface area contributed by atoms with Gasteiger partial charge in [0, 0.05) is 17.0 Å². The Bertz CT molecular complexity index is 1490. The summed E-state index contributed by atoms with van der Waals surface area (Å²) >= 11 is 1.61. The summed E-state index contributed by atoms with van der Waals surface area (Å²) in [7, 11) is 1.54. The molecule has 178 valence electrons. The van der Waals surface area contributed by atoms with E-state index in [-0.39, 0.29) is 17.9 Å². The Balaban J connectivity index is 1.34. The molecule has 35 heavy (non-hydrogen) atoms. The monoisotopic (exact) mass is 490 g/mol. The number of rotatable bonds is 7. The number of aryl methyl sites for hydroxylation is 2. The van der Waals surface area contributed by atoms with Crippen LogP contribution in [-0.2, 0) is 19.4 Å².